The molecule has 120 valence electrons. The van der Waals surface area contributed by atoms with Crippen molar-refractivity contribution in [3.05, 3.63) is 78.1 Å². The molecule has 3 aromatic heterocycles. The summed E-state index contributed by atoms with van der Waals surface area (Å²) in [4.78, 5) is 28.3. The Morgan fingerprint density at radius 1 is 0.833 bits per heavy atom. The van der Waals surface area contributed by atoms with Crippen molar-refractivity contribution < 1.29 is 4.79 Å². The molecule has 7 nitrogen and oxygen atoms in total. The number of hydrogen-bond donors (Lipinski definition) is 2. The van der Waals surface area contributed by atoms with Crippen molar-refractivity contribution in [2.75, 3.05) is 5.32 Å². The Hall–Kier alpha value is -3.35. The van der Waals surface area contributed by atoms with Gasteiger partial charge in [0.25, 0.3) is 5.91 Å². The molecule has 0 atom stereocenters. The minimum atomic E-state index is -0.215. The van der Waals surface area contributed by atoms with Crippen molar-refractivity contribution in [3.8, 4) is 0 Å². The van der Waals surface area contributed by atoms with Gasteiger partial charge in [0.1, 0.15) is 0 Å². The topological polar surface area (TPSA) is 92.7 Å². The lowest BCUT2D eigenvalue weighted by molar-refractivity contribution is 0.0950. The summed E-state index contributed by atoms with van der Waals surface area (Å²) < 4.78 is 0. The highest BCUT2D eigenvalue weighted by Crippen LogP contribution is 2.04. The first-order valence-electron chi connectivity index (χ1n) is 7.43. The van der Waals surface area contributed by atoms with Gasteiger partial charge < -0.3 is 10.6 Å². The summed E-state index contributed by atoms with van der Waals surface area (Å²) in [5, 5.41) is 5.91. The van der Waals surface area contributed by atoms with Crippen molar-refractivity contribution in [1.29, 1.82) is 0 Å². The average Bonchev–Trinajstić information content (AvgIpc) is 2.66. The maximum absolute atomic E-state index is 12.1. The monoisotopic (exact) mass is 320 g/mol. The Kier molecular flexibility index (Phi) is 5.03. The van der Waals surface area contributed by atoms with E-state index < -0.39 is 0 Å². The average molecular weight is 320 g/mol. The lowest BCUT2D eigenvalue weighted by atomic mass is 10.2. The quantitative estimate of drug-likeness (QED) is 0.719. The summed E-state index contributed by atoms with van der Waals surface area (Å²) in [5.74, 6) is 0.255. The molecule has 0 radical (unpaired) electrons. The molecule has 0 saturated carbocycles. The third-order valence-electron chi connectivity index (χ3n) is 3.32. The minimum Gasteiger partial charge on any atom is -0.350 e. The maximum atomic E-state index is 12.1. The van der Waals surface area contributed by atoms with Crippen LogP contribution in [0.3, 0.4) is 0 Å². The number of nitrogens with zero attached hydrogens (tertiary/aromatic N) is 4. The molecule has 0 fully saturated rings. The number of rotatable bonds is 6. The summed E-state index contributed by atoms with van der Waals surface area (Å²) in [6.45, 7) is 1.03. The normalized spacial score (nSPS) is 10.2. The van der Waals surface area contributed by atoms with Gasteiger partial charge in [-0.15, -0.1) is 0 Å². The standard InChI is InChI=1S/C17H16N6O/c24-16(20-9-13-1-5-18-6-2-13)15-11-22-17(23-12-15)21-10-14-3-7-19-8-4-14/h1-8,11-12H,9-10H2,(H,20,24)(H,21,22,23). The summed E-state index contributed by atoms with van der Waals surface area (Å²) >= 11 is 0. The van der Waals surface area contributed by atoms with E-state index in [1.165, 1.54) is 12.4 Å². The number of carbonyl (C=O) groups excluding carboxylic acids is 1. The SMILES string of the molecule is O=C(NCc1ccncc1)c1cnc(NCc2ccncc2)nc1. The van der Waals surface area contributed by atoms with Crippen LogP contribution in [0, 0.1) is 0 Å². The summed E-state index contributed by atoms with van der Waals surface area (Å²) in [6, 6.07) is 7.52. The molecule has 0 aromatic carbocycles. The molecule has 0 saturated heterocycles. The van der Waals surface area contributed by atoms with Crippen LogP contribution < -0.4 is 10.6 Å². The van der Waals surface area contributed by atoms with E-state index >= 15 is 0 Å². The Morgan fingerprint density at radius 2 is 1.38 bits per heavy atom. The van der Waals surface area contributed by atoms with E-state index in [-0.39, 0.29) is 5.91 Å². The lowest BCUT2D eigenvalue weighted by Gasteiger charge is -2.07. The van der Waals surface area contributed by atoms with E-state index in [2.05, 4.69) is 30.6 Å². The fourth-order valence-corrected chi connectivity index (χ4v) is 2.00. The lowest BCUT2D eigenvalue weighted by Crippen LogP contribution is -2.23. The Morgan fingerprint density at radius 3 is 1.96 bits per heavy atom. The fraction of sp³-hybridized carbons (Fsp3) is 0.118. The Bertz CT molecular complexity index is 777. The largest absolute Gasteiger partial charge is 0.350 e. The summed E-state index contributed by atoms with van der Waals surface area (Å²) in [5.41, 5.74) is 2.47. The Labute approximate surface area is 139 Å². The van der Waals surface area contributed by atoms with Gasteiger partial charge in [-0.3, -0.25) is 14.8 Å². The second-order valence-corrected chi connectivity index (χ2v) is 5.04. The molecule has 3 heterocycles. The number of aromatic nitrogens is 4. The van der Waals surface area contributed by atoms with Crippen LogP contribution in [0.15, 0.2) is 61.4 Å². The first-order chi connectivity index (χ1) is 11.8. The molecule has 3 aromatic rings. The molecule has 1 amide bonds. The zero-order chi connectivity index (χ0) is 16.6. The van der Waals surface area contributed by atoms with Gasteiger partial charge in [-0.05, 0) is 35.4 Å². The Balaban J connectivity index is 1.53. The third kappa shape index (κ3) is 4.33. The smallest absolute Gasteiger partial charge is 0.254 e. The van der Waals surface area contributed by atoms with Crippen LogP contribution in [0.25, 0.3) is 0 Å². The first-order valence-corrected chi connectivity index (χ1v) is 7.43. The predicted octanol–water partition coefficient (Wildman–Crippen LogP) is 1.81. The van der Waals surface area contributed by atoms with Gasteiger partial charge in [0.05, 0.1) is 5.56 Å². The van der Waals surface area contributed by atoms with Crippen LogP contribution in [0.5, 0.6) is 0 Å². The van der Waals surface area contributed by atoms with Crippen molar-refractivity contribution in [3.63, 3.8) is 0 Å². The van der Waals surface area contributed by atoms with Crippen molar-refractivity contribution in [2.24, 2.45) is 0 Å². The van der Waals surface area contributed by atoms with Crippen LogP contribution >= 0.6 is 0 Å². The maximum Gasteiger partial charge on any atom is 0.254 e. The molecular formula is C17H16N6O. The second-order valence-electron chi connectivity index (χ2n) is 5.04. The van der Waals surface area contributed by atoms with Crippen molar-refractivity contribution in [2.45, 2.75) is 13.1 Å². The van der Waals surface area contributed by atoms with Crippen LogP contribution in [0.2, 0.25) is 0 Å². The van der Waals surface area contributed by atoms with Gasteiger partial charge in [-0.2, -0.15) is 0 Å². The molecule has 3 rings (SSSR count). The number of carbonyl (C=O) groups is 1. The molecule has 0 bridgehead atoms. The molecule has 0 aliphatic heterocycles. The fourth-order valence-electron chi connectivity index (χ4n) is 2.00. The van der Waals surface area contributed by atoms with Crippen LogP contribution in [0.4, 0.5) is 5.95 Å². The van der Waals surface area contributed by atoms with Crippen molar-refractivity contribution in [1.82, 2.24) is 25.3 Å². The minimum absolute atomic E-state index is 0.215. The van der Waals surface area contributed by atoms with Gasteiger partial charge in [-0.1, -0.05) is 0 Å². The van der Waals surface area contributed by atoms with Gasteiger partial charge in [0.2, 0.25) is 5.95 Å². The van der Waals surface area contributed by atoms with Crippen LogP contribution in [-0.4, -0.2) is 25.8 Å². The number of hydrogen-bond acceptors (Lipinski definition) is 6. The number of nitrogens with one attached hydrogen (secondary N) is 2. The highest BCUT2D eigenvalue weighted by Gasteiger charge is 2.07. The van der Waals surface area contributed by atoms with Gasteiger partial charge in [-0.25, -0.2) is 9.97 Å². The molecule has 2 N–H and O–H groups in total. The number of amides is 1. The highest BCUT2D eigenvalue weighted by atomic mass is 16.1. The van der Waals surface area contributed by atoms with Crippen molar-refractivity contribution >= 4 is 11.9 Å². The molecule has 0 spiro atoms. The second kappa shape index (κ2) is 7.77. The molecule has 0 unspecified atom stereocenters. The van der Waals surface area contributed by atoms with Gasteiger partial charge in [0, 0.05) is 50.3 Å². The zero-order valence-electron chi connectivity index (χ0n) is 12.9. The van der Waals surface area contributed by atoms with Crippen LogP contribution in [0.1, 0.15) is 21.5 Å². The van der Waals surface area contributed by atoms with Crippen LogP contribution in [-0.2, 0) is 13.1 Å². The third-order valence-corrected chi connectivity index (χ3v) is 3.32. The highest BCUT2D eigenvalue weighted by molar-refractivity contribution is 5.93. The first kappa shape index (κ1) is 15.5. The molecule has 24 heavy (non-hydrogen) atoms. The van der Waals surface area contributed by atoms with E-state index in [0.717, 1.165) is 11.1 Å². The van der Waals surface area contributed by atoms with E-state index in [9.17, 15) is 4.79 Å². The van der Waals surface area contributed by atoms with Gasteiger partial charge >= 0.3 is 0 Å². The van der Waals surface area contributed by atoms with E-state index in [1.807, 2.05) is 24.3 Å². The molecule has 7 heteroatoms. The zero-order valence-corrected chi connectivity index (χ0v) is 12.9. The molecule has 0 aliphatic carbocycles. The molecule has 0 aliphatic rings. The van der Waals surface area contributed by atoms with E-state index in [0.29, 0.717) is 24.6 Å². The predicted molar refractivity (Wildman–Crippen MR) is 89.0 cm³/mol. The van der Waals surface area contributed by atoms with E-state index in [4.69, 9.17) is 0 Å². The van der Waals surface area contributed by atoms with E-state index in [1.54, 1.807) is 24.8 Å². The summed E-state index contributed by atoms with van der Waals surface area (Å²) in [6.07, 6.45) is 9.84. The summed E-state index contributed by atoms with van der Waals surface area (Å²) in [7, 11) is 0. The number of pyridine rings is 2. The molecular weight excluding hydrogens is 304 g/mol. The number of anilines is 1. The van der Waals surface area contributed by atoms with Gasteiger partial charge in [0.15, 0.2) is 0 Å².